The van der Waals surface area contributed by atoms with Crippen LogP contribution in [0.5, 0.6) is 0 Å². The van der Waals surface area contributed by atoms with Crippen LogP contribution < -0.4 is 0 Å². The van der Waals surface area contributed by atoms with Crippen LogP contribution in [0.4, 0.5) is 0 Å². The van der Waals surface area contributed by atoms with Crippen molar-refractivity contribution in [1.29, 1.82) is 0 Å². The monoisotopic (exact) mass is 195 g/mol. The molecule has 0 atom stereocenters. The number of hydrogen-bond acceptors (Lipinski definition) is 1. The van der Waals surface area contributed by atoms with Crippen LogP contribution in [0.3, 0.4) is 0 Å². The van der Waals surface area contributed by atoms with Gasteiger partial charge < -0.3 is 4.90 Å². The average Bonchev–Trinajstić information content (AvgIpc) is 2.18. The van der Waals surface area contributed by atoms with Crippen molar-refractivity contribution in [3.8, 4) is 0 Å². The van der Waals surface area contributed by atoms with E-state index in [4.69, 9.17) is 0 Å². The lowest BCUT2D eigenvalue weighted by Crippen LogP contribution is -2.42. The first-order valence-corrected chi connectivity index (χ1v) is 5.43. The van der Waals surface area contributed by atoms with E-state index in [1.54, 1.807) is 6.92 Å². The molecule has 0 aromatic carbocycles. The molecule has 2 nitrogen and oxygen atoms in total. The van der Waals surface area contributed by atoms with Crippen LogP contribution in [0.1, 0.15) is 40.0 Å². The van der Waals surface area contributed by atoms with E-state index < -0.39 is 0 Å². The summed E-state index contributed by atoms with van der Waals surface area (Å²) in [7, 11) is 0. The van der Waals surface area contributed by atoms with Gasteiger partial charge >= 0.3 is 0 Å². The molecule has 14 heavy (non-hydrogen) atoms. The fourth-order valence-corrected chi connectivity index (χ4v) is 1.87. The second-order valence-corrected chi connectivity index (χ2v) is 4.74. The molecule has 80 valence electrons. The second-order valence-electron chi connectivity index (χ2n) is 4.74. The lowest BCUT2D eigenvalue weighted by Gasteiger charge is -2.39. The van der Waals surface area contributed by atoms with Gasteiger partial charge in [0.25, 0.3) is 0 Å². The summed E-state index contributed by atoms with van der Waals surface area (Å²) < 4.78 is 0. The van der Waals surface area contributed by atoms with Crippen LogP contribution in [0, 0.1) is 5.41 Å². The zero-order valence-corrected chi connectivity index (χ0v) is 9.60. The van der Waals surface area contributed by atoms with E-state index in [-0.39, 0.29) is 5.91 Å². The van der Waals surface area contributed by atoms with Gasteiger partial charge in [-0.15, -0.1) is 0 Å². The Morgan fingerprint density at radius 2 is 1.93 bits per heavy atom. The number of carbonyl (C=O) groups is 1. The van der Waals surface area contributed by atoms with Gasteiger partial charge in [0.15, 0.2) is 0 Å². The molecule has 1 heterocycles. The summed E-state index contributed by atoms with van der Waals surface area (Å²) in [6, 6.07) is 0. The van der Waals surface area contributed by atoms with Crippen molar-refractivity contribution in [3.05, 3.63) is 12.2 Å². The second kappa shape index (κ2) is 4.16. The molecule has 0 radical (unpaired) electrons. The number of piperidine rings is 1. The van der Waals surface area contributed by atoms with Gasteiger partial charge in [0.05, 0.1) is 0 Å². The van der Waals surface area contributed by atoms with Crippen LogP contribution >= 0.6 is 0 Å². The van der Waals surface area contributed by atoms with Crippen molar-refractivity contribution in [2.24, 2.45) is 5.41 Å². The van der Waals surface area contributed by atoms with Gasteiger partial charge in [-0.25, -0.2) is 0 Å². The Morgan fingerprint density at radius 3 is 2.29 bits per heavy atom. The molecule has 1 amide bonds. The Balaban J connectivity index is 2.51. The van der Waals surface area contributed by atoms with Gasteiger partial charge in [0, 0.05) is 18.7 Å². The maximum Gasteiger partial charge on any atom is 0.248 e. The van der Waals surface area contributed by atoms with E-state index >= 15 is 0 Å². The number of amides is 1. The summed E-state index contributed by atoms with van der Waals surface area (Å²) in [5.74, 6) is 0.128. The Kier molecular flexibility index (Phi) is 3.35. The number of likely N-dealkylation sites (tertiary alicyclic amines) is 1. The maximum absolute atomic E-state index is 11.6. The summed E-state index contributed by atoms with van der Waals surface area (Å²) in [6.45, 7) is 11.8. The first-order valence-electron chi connectivity index (χ1n) is 5.43. The summed E-state index contributed by atoms with van der Waals surface area (Å²) in [6.07, 6.45) is 3.47. The van der Waals surface area contributed by atoms with Gasteiger partial charge in [-0.05, 0) is 25.2 Å². The van der Waals surface area contributed by atoms with Crippen LogP contribution in [-0.2, 0) is 4.79 Å². The minimum atomic E-state index is 0.128. The van der Waals surface area contributed by atoms with Crippen LogP contribution in [0.2, 0.25) is 0 Å². The minimum Gasteiger partial charge on any atom is -0.339 e. The molecule has 0 N–H and O–H groups in total. The summed E-state index contributed by atoms with van der Waals surface area (Å²) in [5, 5.41) is 0. The number of nitrogens with zero attached hydrogens (tertiary/aromatic N) is 1. The molecule has 2 heteroatoms. The highest BCUT2D eigenvalue weighted by Crippen LogP contribution is 2.34. The lowest BCUT2D eigenvalue weighted by atomic mass is 9.78. The molecule has 0 saturated carbocycles. The van der Waals surface area contributed by atoms with Crippen molar-refractivity contribution in [2.45, 2.75) is 40.0 Å². The Labute approximate surface area is 87.0 Å². The Hall–Kier alpha value is -0.790. The smallest absolute Gasteiger partial charge is 0.248 e. The molecule has 0 aliphatic carbocycles. The van der Waals surface area contributed by atoms with E-state index in [2.05, 4.69) is 20.4 Å². The fourth-order valence-electron chi connectivity index (χ4n) is 1.87. The van der Waals surface area contributed by atoms with Crippen LogP contribution in [-0.4, -0.2) is 23.9 Å². The highest BCUT2D eigenvalue weighted by molar-refractivity contribution is 5.92. The molecule has 1 saturated heterocycles. The molecule has 0 unspecified atom stereocenters. The molecular weight excluding hydrogens is 174 g/mol. The number of carbonyl (C=O) groups excluding carboxylic acids is 1. The fraction of sp³-hybridized carbons (Fsp3) is 0.750. The van der Waals surface area contributed by atoms with Crippen LogP contribution in [0.25, 0.3) is 0 Å². The normalized spacial score (nSPS) is 20.6. The maximum atomic E-state index is 11.6. The lowest BCUT2D eigenvalue weighted by molar-refractivity contribution is -0.129. The molecular formula is C12H21NO. The van der Waals surface area contributed by atoms with Crippen molar-refractivity contribution in [2.75, 3.05) is 13.1 Å². The average molecular weight is 195 g/mol. The van der Waals surface area contributed by atoms with E-state index in [0.29, 0.717) is 11.0 Å². The predicted octanol–water partition coefficient (Wildman–Crippen LogP) is 2.60. The van der Waals surface area contributed by atoms with E-state index in [0.717, 1.165) is 25.9 Å². The first kappa shape index (κ1) is 11.3. The SMILES string of the molecule is C=C(C)C(=O)N1CCC(C)(CC)CC1. The third-order valence-electron chi connectivity index (χ3n) is 3.48. The van der Waals surface area contributed by atoms with E-state index in [1.165, 1.54) is 6.42 Å². The van der Waals surface area contributed by atoms with E-state index in [1.807, 2.05) is 4.90 Å². The molecule has 1 aliphatic heterocycles. The number of rotatable bonds is 2. The van der Waals surface area contributed by atoms with Crippen molar-refractivity contribution in [3.63, 3.8) is 0 Å². The highest BCUT2D eigenvalue weighted by Gasteiger charge is 2.30. The van der Waals surface area contributed by atoms with Gasteiger partial charge in [0.2, 0.25) is 5.91 Å². The quantitative estimate of drug-likeness (QED) is 0.620. The summed E-state index contributed by atoms with van der Waals surface area (Å²) in [5.41, 5.74) is 1.11. The van der Waals surface area contributed by atoms with Gasteiger partial charge in [-0.2, -0.15) is 0 Å². The highest BCUT2D eigenvalue weighted by atomic mass is 16.2. The Bertz CT molecular complexity index is 237. The van der Waals surface area contributed by atoms with Crippen molar-refractivity contribution < 1.29 is 4.79 Å². The van der Waals surface area contributed by atoms with E-state index in [9.17, 15) is 4.79 Å². The third-order valence-corrected chi connectivity index (χ3v) is 3.48. The minimum absolute atomic E-state index is 0.128. The van der Waals surface area contributed by atoms with Crippen molar-refractivity contribution in [1.82, 2.24) is 4.90 Å². The van der Waals surface area contributed by atoms with Crippen molar-refractivity contribution >= 4 is 5.91 Å². The standard InChI is InChI=1S/C12H21NO/c1-5-12(4)6-8-13(9-7-12)11(14)10(2)3/h2,5-9H2,1,3-4H3. The molecule has 1 rings (SSSR count). The zero-order valence-electron chi connectivity index (χ0n) is 9.60. The van der Waals surface area contributed by atoms with Gasteiger partial charge in [-0.1, -0.05) is 26.8 Å². The zero-order chi connectivity index (χ0) is 10.8. The molecule has 0 spiro atoms. The summed E-state index contributed by atoms with van der Waals surface area (Å²) >= 11 is 0. The van der Waals surface area contributed by atoms with Gasteiger partial charge in [-0.3, -0.25) is 4.79 Å². The largest absolute Gasteiger partial charge is 0.339 e. The van der Waals surface area contributed by atoms with Gasteiger partial charge in [0.1, 0.15) is 0 Å². The van der Waals surface area contributed by atoms with Crippen LogP contribution in [0.15, 0.2) is 12.2 Å². The number of hydrogen-bond donors (Lipinski definition) is 0. The summed E-state index contributed by atoms with van der Waals surface area (Å²) in [4.78, 5) is 13.6. The molecule has 1 aliphatic rings. The molecule has 0 bridgehead atoms. The Morgan fingerprint density at radius 1 is 1.43 bits per heavy atom. The third kappa shape index (κ3) is 2.37. The molecule has 0 aromatic heterocycles. The molecule has 1 fully saturated rings. The molecule has 0 aromatic rings. The topological polar surface area (TPSA) is 20.3 Å². The first-order chi connectivity index (χ1) is 6.48. The predicted molar refractivity (Wildman–Crippen MR) is 59.0 cm³/mol.